The Kier molecular flexibility index (Phi) is 2.99. The smallest absolute Gasteiger partial charge is 0.174 e. The van der Waals surface area contributed by atoms with Crippen LogP contribution in [0.15, 0.2) is 33.8 Å². The van der Waals surface area contributed by atoms with Crippen LogP contribution < -0.4 is 0 Å². The van der Waals surface area contributed by atoms with Gasteiger partial charge in [0.2, 0.25) is 0 Å². The van der Waals surface area contributed by atoms with Crippen molar-refractivity contribution in [2.75, 3.05) is 0 Å². The van der Waals surface area contributed by atoms with Crippen LogP contribution in [0.25, 0.3) is 0 Å². The van der Waals surface area contributed by atoms with E-state index < -0.39 is 0 Å². The van der Waals surface area contributed by atoms with Gasteiger partial charge in [-0.3, -0.25) is 0 Å². The average Bonchev–Trinajstić information content (AvgIpc) is 2.73. The normalized spacial score (nSPS) is 9.87. The van der Waals surface area contributed by atoms with E-state index in [1.807, 2.05) is 25.1 Å². The lowest BCUT2D eigenvalue weighted by Gasteiger charge is -2.01. The molecule has 0 aliphatic heterocycles. The Balaban J connectivity index is 2.33. The first-order valence-electron chi connectivity index (χ1n) is 4.25. The highest BCUT2D eigenvalue weighted by Gasteiger charge is 2.06. The van der Waals surface area contributed by atoms with Crippen molar-refractivity contribution in [3.8, 4) is 6.07 Å². The summed E-state index contributed by atoms with van der Waals surface area (Å²) in [5.41, 5.74) is 1.78. The summed E-state index contributed by atoms with van der Waals surface area (Å²) in [5, 5.41) is 8.98. The molecule has 0 bridgehead atoms. The molecule has 0 aliphatic rings. The summed E-state index contributed by atoms with van der Waals surface area (Å²) < 4.78 is 4.78. The van der Waals surface area contributed by atoms with Gasteiger partial charge in [-0.1, -0.05) is 17.8 Å². The van der Waals surface area contributed by atoms with Crippen LogP contribution in [0.4, 0.5) is 0 Å². The number of aryl methyl sites for hydroxylation is 1. The Morgan fingerprint density at radius 3 is 3.00 bits per heavy atom. The predicted octanol–water partition coefficient (Wildman–Crippen LogP) is 2.87. The zero-order valence-electron chi connectivity index (χ0n) is 7.97. The van der Waals surface area contributed by atoms with Crippen LogP contribution in [0.2, 0.25) is 0 Å². The molecule has 0 amide bonds. The van der Waals surface area contributed by atoms with Gasteiger partial charge in [-0.2, -0.15) is 9.64 Å². The summed E-state index contributed by atoms with van der Waals surface area (Å²) in [7, 11) is 0. The molecule has 1 heterocycles. The van der Waals surface area contributed by atoms with Gasteiger partial charge in [0.1, 0.15) is 12.4 Å². The second kappa shape index (κ2) is 4.43. The minimum absolute atomic E-state index is 0.690. The van der Waals surface area contributed by atoms with Crippen molar-refractivity contribution in [1.82, 2.24) is 9.36 Å². The molecule has 5 heteroatoms. The molecular formula is C10H7N3S2. The third kappa shape index (κ3) is 2.35. The van der Waals surface area contributed by atoms with Crippen molar-refractivity contribution in [3.05, 3.63) is 35.7 Å². The van der Waals surface area contributed by atoms with Crippen LogP contribution in [0, 0.1) is 18.3 Å². The molecule has 0 saturated carbocycles. The lowest BCUT2D eigenvalue weighted by Crippen LogP contribution is -1.82. The standard InChI is InChI=1S/C10H7N3S2/c1-7-2-3-9(8(4-7)5-11)14-10-12-6-13-15-10/h2-4,6H,1H3. The van der Waals surface area contributed by atoms with Gasteiger partial charge in [-0.05, 0) is 36.2 Å². The first-order chi connectivity index (χ1) is 7.29. The van der Waals surface area contributed by atoms with Crippen LogP contribution in [-0.4, -0.2) is 9.36 Å². The zero-order chi connectivity index (χ0) is 10.7. The third-order valence-corrected chi connectivity index (χ3v) is 3.58. The fraction of sp³-hybridized carbons (Fsp3) is 0.100. The highest BCUT2D eigenvalue weighted by Crippen LogP contribution is 2.30. The van der Waals surface area contributed by atoms with E-state index >= 15 is 0 Å². The summed E-state index contributed by atoms with van der Waals surface area (Å²) in [6.45, 7) is 1.97. The Labute approximate surface area is 96.0 Å². The molecule has 1 aromatic carbocycles. The quantitative estimate of drug-likeness (QED) is 0.800. The summed E-state index contributed by atoms with van der Waals surface area (Å²) in [5.74, 6) is 0. The van der Waals surface area contributed by atoms with E-state index in [0.717, 1.165) is 14.8 Å². The predicted molar refractivity (Wildman–Crippen MR) is 59.9 cm³/mol. The Morgan fingerprint density at radius 2 is 2.33 bits per heavy atom. The van der Waals surface area contributed by atoms with Gasteiger partial charge in [0.05, 0.1) is 5.56 Å². The summed E-state index contributed by atoms with van der Waals surface area (Å²) in [4.78, 5) is 5.00. The minimum atomic E-state index is 0.690. The van der Waals surface area contributed by atoms with Crippen molar-refractivity contribution < 1.29 is 0 Å². The Hall–Kier alpha value is -1.38. The van der Waals surface area contributed by atoms with Crippen LogP contribution in [0.3, 0.4) is 0 Å². The molecule has 0 saturated heterocycles. The van der Waals surface area contributed by atoms with Gasteiger partial charge in [0.25, 0.3) is 0 Å². The molecule has 0 unspecified atom stereocenters. The monoisotopic (exact) mass is 233 g/mol. The number of nitriles is 1. The molecule has 0 N–H and O–H groups in total. The molecule has 15 heavy (non-hydrogen) atoms. The number of aromatic nitrogens is 2. The van der Waals surface area contributed by atoms with Crippen molar-refractivity contribution >= 4 is 23.3 Å². The Bertz CT molecular complexity index is 500. The van der Waals surface area contributed by atoms with E-state index in [0.29, 0.717) is 5.56 Å². The van der Waals surface area contributed by atoms with E-state index in [9.17, 15) is 0 Å². The zero-order valence-corrected chi connectivity index (χ0v) is 9.60. The number of hydrogen-bond acceptors (Lipinski definition) is 5. The average molecular weight is 233 g/mol. The van der Waals surface area contributed by atoms with Gasteiger partial charge in [-0.15, -0.1) is 0 Å². The maximum Gasteiger partial charge on any atom is 0.174 e. The topological polar surface area (TPSA) is 49.6 Å². The molecule has 2 aromatic rings. The summed E-state index contributed by atoms with van der Waals surface area (Å²) in [6.07, 6.45) is 1.52. The molecule has 3 nitrogen and oxygen atoms in total. The van der Waals surface area contributed by atoms with Gasteiger partial charge >= 0.3 is 0 Å². The first kappa shape index (κ1) is 10.1. The molecule has 0 spiro atoms. The van der Waals surface area contributed by atoms with Gasteiger partial charge in [0, 0.05) is 4.90 Å². The van der Waals surface area contributed by atoms with E-state index in [1.54, 1.807) is 0 Å². The van der Waals surface area contributed by atoms with Crippen molar-refractivity contribution in [3.63, 3.8) is 0 Å². The molecule has 74 valence electrons. The lowest BCUT2D eigenvalue weighted by atomic mass is 10.2. The van der Waals surface area contributed by atoms with E-state index in [-0.39, 0.29) is 0 Å². The van der Waals surface area contributed by atoms with E-state index in [2.05, 4.69) is 15.4 Å². The van der Waals surface area contributed by atoms with Crippen LogP contribution in [-0.2, 0) is 0 Å². The number of rotatable bonds is 2. The van der Waals surface area contributed by atoms with Gasteiger partial charge < -0.3 is 0 Å². The molecule has 0 aliphatic carbocycles. The molecule has 1 aromatic heterocycles. The fourth-order valence-corrected chi connectivity index (χ4v) is 2.59. The maximum absolute atomic E-state index is 8.98. The molecule has 0 atom stereocenters. The van der Waals surface area contributed by atoms with Crippen LogP contribution in [0.1, 0.15) is 11.1 Å². The van der Waals surface area contributed by atoms with Gasteiger partial charge in [0.15, 0.2) is 4.34 Å². The number of benzene rings is 1. The highest BCUT2D eigenvalue weighted by atomic mass is 32.2. The first-order valence-corrected chi connectivity index (χ1v) is 5.84. The summed E-state index contributed by atoms with van der Waals surface area (Å²) in [6, 6.07) is 8.00. The molecule has 0 radical (unpaired) electrons. The molecular weight excluding hydrogens is 226 g/mol. The fourth-order valence-electron chi connectivity index (χ4n) is 1.12. The Morgan fingerprint density at radius 1 is 1.47 bits per heavy atom. The van der Waals surface area contributed by atoms with Gasteiger partial charge in [-0.25, -0.2) is 4.98 Å². The second-order valence-electron chi connectivity index (χ2n) is 2.92. The molecule has 2 rings (SSSR count). The lowest BCUT2D eigenvalue weighted by molar-refractivity contribution is 1.21. The second-order valence-corrected chi connectivity index (χ2v) is 4.99. The summed E-state index contributed by atoms with van der Waals surface area (Å²) >= 11 is 2.81. The van der Waals surface area contributed by atoms with Crippen molar-refractivity contribution in [1.29, 1.82) is 5.26 Å². The van der Waals surface area contributed by atoms with Crippen LogP contribution >= 0.6 is 23.3 Å². The minimum Gasteiger partial charge on any atom is -0.216 e. The largest absolute Gasteiger partial charge is 0.216 e. The van der Waals surface area contributed by atoms with Crippen molar-refractivity contribution in [2.45, 2.75) is 16.2 Å². The third-order valence-electron chi connectivity index (χ3n) is 1.79. The van der Waals surface area contributed by atoms with E-state index in [1.165, 1.54) is 29.6 Å². The molecule has 0 fully saturated rings. The van der Waals surface area contributed by atoms with E-state index in [4.69, 9.17) is 5.26 Å². The maximum atomic E-state index is 8.98. The highest BCUT2D eigenvalue weighted by molar-refractivity contribution is 8.01. The SMILES string of the molecule is Cc1ccc(Sc2ncns2)c(C#N)c1. The van der Waals surface area contributed by atoms with Crippen molar-refractivity contribution in [2.24, 2.45) is 0 Å². The van der Waals surface area contributed by atoms with Crippen LogP contribution in [0.5, 0.6) is 0 Å². The number of hydrogen-bond donors (Lipinski definition) is 0. The number of nitrogens with zero attached hydrogens (tertiary/aromatic N) is 3.